The van der Waals surface area contributed by atoms with E-state index in [9.17, 15) is 9.18 Å². The van der Waals surface area contributed by atoms with Gasteiger partial charge in [0, 0.05) is 24.3 Å². The zero-order valence-corrected chi connectivity index (χ0v) is 11.8. The largest absolute Gasteiger partial charge is 0.399 e. The molecule has 0 aliphatic heterocycles. The molecule has 0 fully saturated rings. The maximum absolute atomic E-state index is 14.1. The van der Waals surface area contributed by atoms with E-state index < -0.39 is 11.7 Å². The average molecular weight is 287 g/mol. The first-order chi connectivity index (χ1) is 10.0. The fourth-order valence-electron chi connectivity index (χ4n) is 2.13. The van der Waals surface area contributed by atoms with Crippen LogP contribution < -0.4 is 16.4 Å². The molecule has 2 aromatic carbocycles. The summed E-state index contributed by atoms with van der Waals surface area (Å²) in [5, 5.41) is 0. The van der Waals surface area contributed by atoms with Gasteiger partial charge in [-0.2, -0.15) is 0 Å². The van der Waals surface area contributed by atoms with E-state index >= 15 is 0 Å². The smallest absolute Gasteiger partial charge is 0.248 e. The lowest BCUT2D eigenvalue weighted by Crippen LogP contribution is -2.23. The monoisotopic (exact) mass is 287 g/mol. The van der Waals surface area contributed by atoms with Crippen LogP contribution in [0.15, 0.2) is 42.5 Å². The second-order valence-corrected chi connectivity index (χ2v) is 4.79. The molecular weight excluding hydrogens is 269 g/mol. The molecule has 2 rings (SSSR count). The van der Waals surface area contributed by atoms with Gasteiger partial charge < -0.3 is 16.4 Å². The molecule has 5 heteroatoms. The van der Waals surface area contributed by atoms with Crippen molar-refractivity contribution in [3.05, 3.63) is 59.4 Å². The van der Waals surface area contributed by atoms with Crippen molar-refractivity contribution in [2.24, 2.45) is 5.73 Å². The highest BCUT2D eigenvalue weighted by Crippen LogP contribution is 2.22. The SMILES string of the molecule is CCN(Cc1ccc(N)cc1)c1ccc(C(N)=O)cc1F. The highest BCUT2D eigenvalue weighted by molar-refractivity contribution is 5.93. The van der Waals surface area contributed by atoms with E-state index in [1.54, 1.807) is 6.07 Å². The van der Waals surface area contributed by atoms with E-state index in [1.165, 1.54) is 12.1 Å². The number of amides is 1. The molecule has 0 bridgehead atoms. The summed E-state index contributed by atoms with van der Waals surface area (Å²) in [7, 11) is 0. The van der Waals surface area contributed by atoms with Crippen molar-refractivity contribution in [3.63, 3.8) is 0 Å². The van der Waals surface area contributed by atoms with Crippen molar-refractivity contribution in [2.45, 2.75) is 13.5 Å². The van der Waals surface area contributed by atoms with Gasteiger partial charge in [-0.25, -0.2) is 4.39 Å². The summed E-state index contributed by atoms with van der Waals surface area (Å²) >= 11 is 0. The number of anilines is 2. The molecule has 0 spiro atoms. The first-order valence-corrected chi connectivity index (χ1v) is 6.70. The molecule has 0 aliphatic carbocycles. The molecule has 0 saturated heterocycles. The van der Waals surface area contributed by atoms with Gasteiger partial charge in [0.2, 0.25) is 5.91 Å². The zero-order chi connectivity index (χ0) is 15.4. The van der Waals surface area contributed by atoms with E-state index in [4.69, 9.17) is 11.5 Å². The Kier molecular flexibility index (Phi) is 4.42. The number of carbonyl (C=O) groups is 1. The Morgan fingerprint density at radius 1 is 1.19 bits per heavy atom. The van der Waals surface area contributed by atoms with Crippen LogP contribution >= 0.6 is 0 Å². The lowest BCUT2D eigenvalue weighted by Gasteiger charge is -2.24. The van der Waals surface area contributed by atoms with Gasteiger partial charge in [0.15, 0.2) is 0 Å². The molecule has 110 valence electrons. The topological polar surface area (TPSA) is 72.3 Å². The summed E-state index contributed by atoms with van der Waals surface area (Å²) in [6.45, 7) is 3.14. The van der Waals surface area contributed by atoms with E-state index in [-0.39, 0.29) is 5.56 Å². The van der Waals surface area contributed by atoms with Crippen molar-refractivity contribution in [1.29, 1.82) is 0 Å². The van der Waals surface area contributed by atoms with Gasteiger partial charge in [0.1, 0.15) is 5.82 Å². The van der Waals surface area contributed by atoms with Crippen LogP contribution in [0.2, 0.25) is 0 Å². The van der Waals surface area contributed by atoms with Crippen LogP contribution in [0, 0.1) is 5.82 Å². The van der Waals surface area contributed by atoms with E-state index in [1.807, 2.05) is 36.1 Å². The van der Waals surface area contributed by atoms with Crippen LogP contribution in [-0.2, 0) is 6.54 Å². The molecule has 0 unspecified atom stereocenters. The van der Waals surface area contributed by atoms with Crippen molar-refractivity contribution in [3.8, 4) is 0 Å². The van der Waals surface area contributed by atoms with Gasteiger partial charge in [0.25, 0.3) is 0 Å². The van der Waals surface area contributed by atoms with Crippen molar-refractivity contribution in [2.75, 3.05) is 17.2 Å². The number of nitrogen functional groups attached to an aromatic ring is 1. The van der Waals surface area contributed by atoms with Gasteiger partial charge in [-0.3, -0.25) is 4.79 Å². The molecule has 2 aromatic rings. The molecule has 0 radical (unpaired) electrons. The van der Waals surface area contributed by atoms with Crippen molar-refractivity contribution >= 4 is 17.3 Å². The average Bonchev–Trinajstić information content (AvgIpc) is 2.47. The highest BCUT2D eigenvalue weighted by atomic mass is 19.1. The molecule has 0 aliphatic rings. The number of rotatable bonds is 5. The fraction of sp³-hybridized carbons (Fsp3) is 0.188. The van der Waals surface area contributed by atoms with E-state index in [0.29, 0.717) is 24.5 Å². The Labute approximate surface area is 123 Å². The van der Waals surface area contributed by atoms with Crippen LogP contribution in [0.3, 0.4) is 0 Å². The van der Waals surface area contributed by atoms with E-state index in [0.717, 1.165) is 5.56 Å². The first-order valence-electron chi connectivity index (χ1n) is 6.70. The predicted molar refractivity (Wildman–Crippen MR) is 82.5 cm³/mol. The summed E-state index contributed by atoms with van der Waals surface area (Å²) < 4.78 is 14.1. The van der Waals surface area contributed by atoms with Crippen LogP contribution in [0.5, 0.6) is 0 Å². The predicted octanol–water partition coefficient (Wildman–Crippen LogP) is 2.53. The molecule has 4 N–H and O–H groups in total. The quantitative estimate of drug-likeness (QED) is 0.830. The van der Waals surface area contributed by atoms with Crippen LogP contribution in [0.4, 0.5) is 15.8 Å². The van der Waals surface area contributed by atoms with Crippen LogP contribution in [0.25, 0.3) is 0 Å². The van der Waals surface area contributed by atoms with Crippen LogP contribution in [-0.4, -0.2) is 12.5 Å². The highest BCUT2D eigenvalue weighted by Gasteiger charge is 2.13. The van der Waals surface area contributed by atoms with Gasteiger partial charge >= 0.3 is 0 Å². The number of carbonyl (C=O) groups excluding carboxylic acids is 1. The molecule has 0 atom stereocenters. The maximum atomic E-state index is 14.1. The lowest BCUT2D eigenvalue weighted by atomic mass is 10.1. The number of halogens is 1. The summed E-state index contributed by atoms with van der Waals surface area (Å²) in [6.07, 6.45) is 0. The van der Waals surface area contributed by atoms with Crippen molar-refractivity contribution in [1.82, 2.24) is 0 Å². The molecule has 21 heavy (non-hydrogen) atoms. The fourth-order valence-corrected chi connectivity index (χ4v) is 2.13. The Balaban J connectivity index is 2.25. The van der Waals surface area contributed by atoms with Crippen molar-refractivity contribution < 1.29 is 9.18 Å². The molecular formula is C16H18FN3O. The van der Waals surface area contributed by atoms with E-state index in [2.05, 4.69) is 0 Å². The standard InChI is InChI=1S/C16H18FN3O/c1-2-20(10-11-3-6-13(18)7-4-11)15-8-5-12(16(19)21)9-14(15)17/h3-9H,2,10,18H2,1H3,(H2,19,21). The number of benzene rings is 2. The third-order valence-corrected chi connectivity index (χ3v) is 3.31. The van der Waals surface area contributed by atoms with Gasteiger partial charge in [-0.05, 0) is 42.8 Å². The van der Waals surface area contributed by atoms with Gasteiger partial charge in [-0.1, -0.05) is 12.1 Å². The second kappa shape index (κ2) is 6.26. The second-order valence-electron chi connectivity index (χ2n) is 4.79. The Hall–Kier alpha value is -2.56. The zero-order valence-electron chi connectivity index (χ0n) is 11.8. The summed E-state index contributed by atoms with van der Waals surface area (Å²) in [5.74, 6) is -1.09. The normalized spacial score (nSPS) is 10.4. The Morgan fingerprint density at radius 2 is 1.86 bits per heavy atom. The van der Waals surface area contributed by atoms with Gasteiger partial charge in [0.05, 0.1) is 5.69 Å². The molecule has 0 aromatic heterocycles. The summed E-state index contributed by atoms with van der Waals surface area (Å²) in [4.78, 5) is 12.9. The van der Waals surface area contributed by atoms with Gasteiger partial charge in [-0.15, -0.1) is 0 Å². The molecule has 4 nitrogen and oxygen atoms in total. The molecule has 0 saturated carbocycles. The lowest BCUT2D eigenvalue weighted by molar-refractivity contribution is 0.1000. The number of nitrogens with zero attached hydrogens (tertiary/aromatic N) is 1. The minimum Gasteiger partial charge on any atom is -0.399 e. The first kappa shape index (κ1) is 14.8. The number of hydrogen-bond donors (Lipinski definition) is 2. The molecule has 0 heterocycles. The van der Waals surface area contributed by atoms with Crippen LogP contribution in [0.1, 0.15) is 22.8 Å². The maximum Gasteiger partial charge on any atom is 0.248 e. The third kappa shape index (κ3) is 3.51. The number of hydrogen-bond acceptors (Lipinski definition) is 3. The Bertz CT molecular complexity index is 640. The summed E-state index contributed by atoms with van der Waals surface area (Å²) in [6, 6.07) is 11.7. The number of primary amides is 1. The minimum atomic E-state index is -0.637. The third-order valence-electron chi connectivity index (χ3n) is 3.31. The minimum absolute atomic E-state index is 0.166. The number of nitrogens with two attached hydrogens (primary N) is 2. The Morgan fingerprint density at radius 3 is 2.38 bits per heavy atom. The molecule has 1 amide bonds. The summed E-state index contributed by atoms with van der Waals surface area (Å²) in [5.41, 5.74) is 13.1.